The van der Waals surface area contributed by atoms with Crippen molar-refractivity contribution < 1.29 is 42.3 Å². The fourth-order valence-electron chi connectivity index (χ4n) is 6.81. The maximum atomic E-state index is 13.6. The maximum Gasteiger partial charge on any atom is 0.472 e. The van der Waals surface area contributed by atoms with E-state index in [4.69, 9.17) is 29.6 Å². The van der Waals surface area contributed by atoms with Gasteiger partial charge in [-0.3, -0.25) is 32.4 Å². The number of imidazole rings is 2. The van der Waals surface area contributed by atoms with Gasteiger partial charge in [-0.25, -0.2) is 29.1 Å². The van der Waals surface area contributed by atoms with Crippen LogP contribution in [0.3, 0.4) is 0 Å². The SMILES string of the molecule is Nc1nc2c(ncn2[C@@H]2S[C@@H]3CO[P@](=O)(S)O[C@H]4[C@@H](O)[C@H](n5cnc6c(N)ncnc65)[C@H]5CC54COP(=O)(O)O[C@@H]2[C@@H]3O)c(=O)[nH]1. The van der Waals surface area contributed by atoms with Crippen molar-refractivity contribution in [1.29, 1.82) is 0 Å². The van der Waals surface area contributed by atoms with Crippen LogP contribution in [0.15, 0.2) is 23.8 Å². The Morgan fingerprint density at radius 2 is 1.80 bits per heavy atom. The summed E-state index contributed by atoms with van der Waals surface area (Å²) in [5.41, 5.74) is 10.6. The molecular formula is C22H26N10O10P2S2. The average Bonchev–Trinajstić information content (AvgIpc) is 3.26. The molecule has 2 aliphatic heterocycles. The van der Waals surface area contributed by atoms with E-state index >= 15 is 0 Å². The lowest BCUT2D eigenvalue weighted by atomic mass is 10.0. The van der Waals surface area contributed by atoms with Gasteiger partial charge in [0.25, 0.3) is 5.56 Å². The number of aromatic amines is 1. The van der Waals surface area contributed by atoms with Crippen molar-refractivity contribution in [2.45, 2.75) is 47.5 Å². The molecule has 4 aliphatic rings. The maximum absolute atomic E-state index is 13.6. The molecule has 2 bridgehead atoms. The van der Waals surface area contributed by atoms with Gasteiger partial charge in [-0.2, -0.15) is 4.98 Å². The number of aliphatic hydroxyl groups is 2. The third kappa shape index (κ3) is 4.73. The van der Waals surface area contributed by atoms with Gasteiger partial charge in [-0.1, -0.05) is 12.2 Å². The number of aliphatic hydroxyl groups excluding tert-OH is 2. The molecule has 0 amide bonds. The smallest absolute Gasteiger partial charge is 0.389 e. The van der Waals surface area contributed by atoms with Gasteiger partial charge in [0.1, 0.15) is 35.5 Å². The summed E-state index contributed by atoms with van der Waals surface area (Å²) < 4.78 is 52.7. The first kappa shape index (κ1) is 30.7. The van der Waals surface area contributed by atoms with Crippen molar-refractivity contribution >= 4 is 72.7 Å². The molecule has 2 saturated heterocycles. The van der Waals surface area contributed by atoms with Crippen molar-refractivity contribution in [3.8, 4) is 0 Å². The van der Waals surface area contributed by atoms with Gasteiger partial charge in [0.05, 0.1) is 43.3 Å². The molecule has 2 saturated carbocycles. The molecule has 246 valence electrons. The molecular weight excluding hydrogens is 690 g/mol. The number of nitrogens with one attached hydrogen (secondary N) is 1. The number of nitrogen functional groups attached to an aromatic ring is 2. The van der Waals surface area contributed by atoms with Gasteiger partial charge in [0, 0.05) is 5.41 Å². The number of anilines is 2. The minimum Gasteiger partial charge on any atom is -0.389 e. The summed E-state index contributed by atoms with van der Waals surface area (Å²) in [6, 6.07) is -0.733. The van der Waals surface area contributed by atoms with Crippen molar-refractivity contribution in [3.63, 3.8) is 0 Å². The fraction of sp³-hybridized carbons (Fsp3) is 0.545. The number of nitrogens with two attached hydrogens (primary N) is 2. The lowest BCUT2D eigenvalue weighted by Gasteiger charge is -2.30. The van der Waals surface area contributed by atoms with Gasteiger partial charge in [0.15, 0.2) is 22.6 Å². The predicted molar refractivity (Wildman–Crippen MR) is 162 cm³/mol. The Hall–Kier alpha value is -2.62. The molecule has 0 radical (unpaired) electrons. The highest BCUT2D eigenvalue weighted by molar-refractivity contribution is 8.44. The Morgan fingerprint density at radius 1 is 1.04 bits per heavy atom. The largest absolute Gasteiger partial charge is 0.472 e. The lowest BCUT2D eigenvalue weighted by Crippen LogP contribution is -2.37. The molecule has 0 aromatic carbocycles. The van der Waals surface area contributed by atoms with E-state index in [1.54, 1.807) is 4.57 Å². The van der Waals surface area contributed by atoms with E-state index in [0.717, 1.165) is 11.8 Å². The van der Waals surface area contributed by atoms with Gasteiger partial charge < -0.3 is 31.1 Å². The molecule has 8 N–H and O–H groups in total. The highest BCUT2D eigenvalue weighted by atomic mass is 32.7. The molecule has 6 heterocycles. The molecule has 4 aromatic heterocycles. The number of aromatic nitrogens is 8. The van der Waals surface area contributed by atoms with E-state index in [-0.39, 0.29) is 22.9 Å². The first-order valence-electron chi connectivity index (χ1n) is 13.8. The summed E-state index contributed by atoms with van der Waals surface area (Å²) in [5.74, 6) is -0.480. The first-order valence-corrected chi connectivity index (χ1v) is 18.9. The minimum absolute atomic E-state index is 0.0340. The third-order valence-corrected chi connectivity index (χ3v) is 13.1. The van der Waals surface area contributed by atoms with Crippen LogP contribution in [0, 0.1) is 11.3 Å². The van der Waals surface area contributed by atoms with Gasteiger partial charge in [-0.05, 0) is 12.3 Å². The minimum atomic E-state index is -4.94. The van der Waals surface area contributed by atoms with E-state index in [9.17, 15) is 29.0 Å². The highest BCUT2D eigenvalue weighted by Gasteiger charge is 2.74. The van der Waals surface area contributed by atoms with E-state index in [1.807, 2.05) is 0 Å². The monoisotopic (exact) mass is 716 g/mol. The van der Waals surface area contributed by atoms with Gasteiger partial charge >= 0.3 is 14.6 Å². The summed E-state index contributed by atoms with van der Waals surface area (Å²) in [6.07, 6.45) is -1.18. The number of phosphoric ester groups is 1. The van der Waals surface area contributed by atoms with E-state index in [2.05, 4.69) is 42.2 Å². The second-order valence-corrected chi connectivity index (χ2v) is 17.2. The predicted octanol–water partition coefficient (Wildman–Crippen LogP) is -0.0238. The van der Waals surface area contributed by atoms with Crippen LogP contribution in [0.25, 0.3) is 22.3 Å². The standard InChI is InChI=1S/C22H26N10O10P2S2/c23-16-9-17(26-4-25-16)31(5-27-9)11-7-1-22(7)3-40-43(36,37)41-14-12(33)8(2-39-44(38,45)42-15(22)13(11)34)46-20(14)32-6-28-10-18(32)29-21(24)30-19(10)35/h4-8,11-15,20,33-34H,1-3H2,(H,36,37)(H,38,45)(H2,23,25,26)(H3,24,29,30,35)/t7-,8-,11-,12-,13+,14-,15+,20-,22?,44+/m1/s1. The Morgan fingerprint density at radius 3 is 2.61 bits per heavy atom. The van der Waals surface area contributed by atoms with E-state index in [1.165, 1.54) is 23.5 Å². The molecule has 4 fully saturated rings. The van der Waals surface area contributed by atoms with Crippen LogP contribution in [-0.2, 0) is 27.2 Å². The molecule has 4 aromatic rings. The van der Waals surface area contributed by atoms with Crippen LogP contribution < -0.4 is 17.0 Å². The average molecular weight is 717 g/mol. The molecule has 11 atom stereocenters. The summed E-state index contributed by atoms with van der Waals surface area (Å²) in [7, 11) is -4.94. The molecule has 2 aliphatic carbocycles. The summed E-state index contributed by atoms with van der Waals surface area (Å²) >= 11 is 5.19. The third-order valence-electron chi connectivity index (χ3n) is 8.96. The number of rotatable bonds is 2. The number of phosphoric acid groups is 1. The van der Waals surface area contributed by atoms with E-state index < -0.39 is 85.8 Å². The van der Waals surface area contributed by atoms with Crippen molar-refractivity contribution in [1.82, 2.24) is 39.0 Å². The molecule has 8 rings (SSSR count). The number of hydrogen-bond acceptors (Lipinski definition) is 17. The summed E-state index contributed by atoms with van der Waals surface area (Å²) in [5, 5.41) is 20.9. The second-order valence-electron chi connectivity index (χ2n) is 11.5. The van der Waals surface area contributed by atoms with E-state index in [0.29, 0.717) is 17.6 Å². The zero-order chi connectivity index (χ0) is 32.3. The summed E-state index contributed by atoms with van der Waals surface area (Å²) in [4.78, 5) is 46.3. The zero-order valence-electron chi connectivity index (χ0n) is 23.2. The lowest BCUT2D eigenvalue weighted by molar-refractivity contribution is -0.0224. The van der Waals surface area contributed by atoms with Gasteiger partial charge in [-0.15, -0.1) is 11.8 Å². The summed E-state index contributed by atoms with van der Waals surface area (Å²) in [6.45, 7) is -5.11. The molecule has 2 unspecified atom stereocenters. The fourth-order valence-corrected chi connectivity index (χ4v) is 11.0. The number of fused-ring (bicyclic) bond motifs is 4. The number of H-pyrrole nitrogens is 1. The Labute approximate surface area is 266 Å². The quantitative estimate of drug-likeness (QED) is 0.106. The van der Waals surface area contributed by atoms with Crippen LogP contribution in [0.2, 0.25) is 0 Å². The highest BCUT2D eigenvalue weighted by Crippen LogP contribution is 2.73. The number of thioether (sulfide) groups is 1. The van der Waals surface area contributed by atoms with Crippen LogP contribution in [0.1, 0.15) is 17.8 Å². The van der Waals surface area contributed by atoms with Crippen molar-refractivity contribution in [2.75, 3.05) is 24.7 Å². The molecule has 46 heavy (non-hydrogen) atoms. The molecule has 20 nitrogen and oxygen atoms in total. The number of hydrogen-bond donors (Lipinski definition) is 7. The number of nitrogens with zero attached hydrogens (tertiary/aromatic N) is 7. The second kappa shape index (κ2) is 10.4. The Balaban J connectivity index is 1.14. The number of thiol groups is 1. The first-order chi connectivity index (χ1) is 21.8. The normalized spacial score (nSPS) is 41.0. The van der Waals surface area contributed by atoms with Crippen molar-refractivity contribution in [3.05, 3.63) is 29.3 Å². The van der Waals surface area contributed by atoms with Crippen molar-refractivity contribution in [2.24, 2.45) is 11.3 Å². The van der Waals surface area contributed by atoms with Crippen LogP contribution in [0.5, 0.6) is 0 Å². The molecule has 1 spiro atoms. The Bertz CT molecular complexity index is 2050. The molecule has 24 heteroatoms. The van der Waals surface area contributed by atoms with Crippen LogP contribution >= 0.6 is 38.6 Å². The zero-order valence-corrected chi connectivity index (χ0v) is 26.7. The topological polar surface area (TPSA) is 291 Å². The van der Waals surface area contributed by atoms with Gasteiger partial charge in [0.2, 0.25) is 5.95 Å². The van der Waals surface area contributed by atoms with Crippen LogP contribution in [0.4, 0.5) is 11.8 Å². The van der Waals surface area contributed by atoms with Crippen LogP contribution in [-0.4, -0.2) is 97.0 Å². The Kier molecular flexibility index (Phi) is 6.97.